The average molecular weight is 375 g/mol. The van der Waals surface area contributed by atoms with Crippen molar-refractivity contribution >= 4 is 29.1 Å². The van der Waals surface area contributed by atoms with E-state index in [2.05, 4.69) is 24.4 Å². The summed E-state index contributed by atoms with van der Waals surface area (Å²) in [6.07, 6.45) is 0. The third kappa shape index (κ3) is 5.31. The molecule has 27 heavy (non-hydrogen) atoms. The topological polar surface area (TPSA) is 46.2 Å². The van der Waals surface area contributed by atoms with E-state index in [0.29, 0.717) is 22.6 Å². The maximum absolute atomic E-state index is 12.4. The van der Waals surface area contributed by atoms with Crippen molar-refractivity contribution in [2.24, 2.45) is 0 Å². The molecule has 0 spiro atoms. The van der Waals surface area contributed by atoms with E-state index in [1.54, 1.807) is 48.2 Å². The standard InChI is InChI=1S/C23H21NO2S/c1-17-7-5-6-10-20(17)15-27-16-22(25)18-11-13-21(14-12-18)24-23(26)19-8-3-2-4-9-19/h2-14H,15-16H2,1H3,(H,24,26). The van der Waals surface area contributed by atoms with E-state index < -0.39 is 0 Å². The number of aryl methyl sites for hydroxylation is 1. The molecule has 0 radical (unpaired) electrons. The fourth-order valence-electron chi connectivity index (χ4n) is 2.64. The van der Waals surface area contributed by atoms with E-state index >= 15 is 0 Å². The Morgan fingerprint density at radius 1 is 0.815 bits per heavy atom. The lowest BCUT2D eigenvalue weighted by atomic mass is 10.1. The first-order chi connectivity index (χ1) is 13.1. The van der Waals surface area contributed by atoms with Crippen molar-refractivity contribution in [2.45, 2.75) is 12.7 Å². The minimum atomic E-state index is -0.163. The molecule has 0 aliphatic carbocycles. The highest BCUT2D eigenvalue weighted by molar-refractivity contribution is 7.99. The van der Waals surface area contributed by atoms with Gasteiger partial charge in [0.1, 0.15) is 0 Å². The third-order valence-corrected chi connectivity index (χ3v) is 5.23. The maximum Gasteiger partial charge on any atom is 0.255 e. The number of carbonyl (C=O) groups excluding carboxylic acids is 2. The maximum atomic E-state index is 12.4. The second-order valence-corrected chi connectivity index (χ2v) is 7.23. The van der Waals surface area contributed by atoms with Gasteiger partial charge in [-0.25, -0.2) is 0 Å². The third-order valence-electron chi connectivity index (χ3n) is 4.25. The van der Waals surface area contributed by atoms with Crippen LogP contribution in [0.2, 0.25) is 0 Å². The molecule has 0 fully saturated rings. The van der Waals surface area contributed by atoms with Crippen molar-refractivity contribution in [3.05, 3.63) is 101 Å². The summed E-state index contributed by atoms with van der Waals surface area (Å²) in [5, 5.41) is 2.84. The Morgan fingerprint density at radius 3 is 2.19 bits per heavy atom. The average Bonchev–Trinajstić information content (AvgIpc) is 2.70. The number of Topliss-reactive ketones (excluding diaryl/α,β-unsaturated/α-hetero) is 1. The number of hydrogen-bond donors (Lipinski definition) is 1. The number of amides is 1. The van der Waals surface area contributed by atoms with Gasteiger partial charge in [-0.1, -0.05) is 42.5 Å². The molecule has 0 saturated heterocycles. The van der Waals surface area contributed by atoms with Crippen LogP contribution in [-0.2, 0) is 5.75 Å². The van der Waals surface area contributed by atoms with Crippen LogP contribution in [0.15, 0.2) is 78.9 Å². The van der Waals surface area contributed by atoms with Gasteiger partial charge in [-0.3, -0.25) is 9.59 Å². The van der Waals surface area contributed by atoms with Crippen LogP contribution in [0.4, 0.5) is 5.69 Å². The van der Waals surface area contributed by atoms with Gasteiger partial charge >= 0.3 is 0 Å². The van der Waals surface area contributed by atoms with Gasteiger partial charge in [0.25, 0.3) is 5.91 Å². The lowest BCUT2D eigenvalue weighted by Gasteiger charge is -2.07. The normalized spacial score (nSPS) is 10.4. The number of carbonyl (C=O) groups is 2. The molecule has 1 amide bonds. The Balaban J connectivity index is 1.53. The summed E-state index contributed by atoms with van der Waals surface area (Å²) in [5.74, 6) is 1.19. The summed E-state index contributed by atoms with van der Waals surface area (Å²) < 4.78 is 0. The van der Waals surface area contributed by atoms with Gasteiger partial charge in [0.15, 0.2) is 5.78 Å². The summed E-state index contributed by atoms with van der Waals surface area (Å²) in [6, 6.07) is 24.3. The monoisotopic (exact) mass is 375 g/mol. The van der Waals surface area contributed by atoms with Crippen molar-refractivity contribution in [1.29, 1.82) is 0 Å². The van der Waals surface area contributed by atoms with Crippen molar-refractivity contribution in [3.63, 3.8) is 0 Å². The highest BCUT2D eigenvalue weighted by Crippen LogP contribution is 2.18. The molecule has 0 aliphatic heterocycles. The van der Waals surface area contributed by atoms with Gasteiger partial charge in [0.05, 0.1) is 5.75 Å². The van der Waals surface area contributed by atoms with Gasteiger partial charge in [0.2, 0.25) is 0 Å². The van der Waals surface area contributed by atoms with Crippen LogP contribution in [0.3, 0.4) is 0 Å². The Kier molecular flexibility index (Phi) is 6.44. The fourth-order valence-corrected chi connectivity index (χ4v) is 3.64. The number of hydrogen-bond acceptors (Lipinski definition) is 3. The molecule has 1 N–H and O–H groups in total. The number of anilines is 1. The number of benzene rings is 3. The van der Waals surface area contributed by atoms with Crippen LogP contribution in [0.25, 0.3) is 0 Å². The molecule has 0 bridgehead atoms. The molecule has 4 heteroatoms. The zero-order valence-electron chi connectivity index (χ0n) is 15.1. The number of ketones is 1. The van der Waals surface area contributed by atoms with Crippen molar-refractivity contribution in [1.82, 2.24) is 0 Å². The Morgan fingerprint density at radius 2 is 1.48 bits per heavy atom. The molecule has 3 nitrogen and oxygen atoms in total. The molecular formula is C23H21NO2S. The SMILES string of the molecule is Cc1ccccc1CSCC(=O)c1ccc(NC(=O)c2ccccc2)cc1. The van der Waals surface area contributed by atoms with Crippen molar-refractivity contribution in [3.8, 4) is 0 Å². The lowest BCUT2D eigenvalue weighted by Crippen LogP contribution is -2.11. The Labute approximate surface area is 163 Å². The van der Waals surface area contributed by atoms with E-state index in [-0.39, 0.29) is 11.7 Å². The predicted molar refractivity (Wildman–Crippen MR) is 113 cm³/mol. The van der Waals surface area contributed by atoms with Crippen LogP contribution in [-0.4, -0.2) is 17.4 Å². The highest BCUT2D eigenvalue weighted by Gasteiger charge is 2.09. The van der Waals surface area contributed by atoms with Crippen molar-refractivity contribution < 1.29 is 9.59 Å². The first-order valence-electron chi connectivity index (χ1n) is 8.75. The van der Waals surface area contributed by atoms with Crippen LogP contribution in [0, 0.1) is 6.92 Å². The molecule has 0 aliphatic rings. The molecule has 3 rings (SSSR count). The summed E-state index contributed by atoms with van der Waals surface area (Å²) >= 11 is 1.62. The van der Waals surface area contributed by atoms with Crippen LogP contribution in [0.5, 0.6) is 0 Å². The van der Waals surface area contributed by atoms with Crippen LogP contribution < -0.4 is 5.32 Å². The molecule has 0 saturated carbocycles. The van der Waals surface area contributed by atoms with Gasteiger partial charge < -0.3 is 5.32 Å². The minimum absolute atomic E-state index is 0.0921. The molecule has 0 atom stereocenters. The molecule has 0 heterocycles. The van der Waals surface area contributed by atoms with E-state index in [0.717, 1.165) is 5.75 Å². The second kappa shape index (κ2) is 9.19. The van der Waals surface area contributed by atoms with E-state index in [9.17, 15) is 9.59 Å². The summed E-state index contributed by atoms with van der Waals surface area (Å²) in [6.45, 7) is 2.08. The Bertz CT molecular complexity index is 921. The fraction of sp³-hybridized carbons (Fsp3) is 0.130. The summed E-state index contributed by atoms with van der Waals surface area (Å²) in [5.41, 5.74) is 4.44. The quantitative estimate of drug-likeness (QED) is 0.565. The molecule has 3 aromatic rings. The number of thioether (sulfide) groups is 1. The number of nitrogens with one attached hydrogen (secondary N) is 1. The van der Waals surface area contributed by atoms with Gasteiger partial charge in [-0.2, -0.15) is 0 Å². The van der Waals surface area contributed by atoms with Gasteiger partial charge in [-0.05, 0) is 54.4 Å². The number of rotatable bonds is 7. The lowest BCUT2D eigenvalue weighted by molar-refractivity contribution is 0.101. The highest BCUT2D eigenvalue weighted by atomic mass is 32.2. The largest absolute Gasteiger partial charge is 0.322 e. The molecule has 136 valence electrons. The van der Waals surface area contributed by atoms with E-state index in [1.165, 1.54) is 11.1 Å². The van der Waals surface area contributed by atoms with E-state index in [1.807, 2.05) is 30.3 Å². The first kappa shape index (κ1) is 18.9. The molecule has 3 aromatic carbocycles. The summed E-state index contributed by atoms with van der Waals surface area (Å²) in [7, 11) is 0. The zero-order chi connectivity index (χ0) is 19.1. The molecular weight excluding hydrogens is 354 g/mol. The van der Waals surface area contributed by atoms with Crippen molar-refractivity contribution in [2.75, 3.05) is 11.1 Å². The van der Waals surface area contributed by atoms with Gasteiger partial charge in [0, 0.05) is 22.6 Å². The Hall–Kier alpha value is -2.85. The van der Waals surface area contributed by atoms with Crippen LogP contribution in [0.1, 0.15) is 31.8 Å². The molecule has 0 aromatic heterocycles. The molecule has 0 unspecified atom stereocenters. The minimum Gasteiger partial charge on any atom is -0.322 e. The first-order valence-corrected chi connectivity index (χ1v) is 9.91. The zero-order valence-corrected chi connectivity index (χ0v) is 16.0. The smallest absolute Gasteiger partial charge is 0.255 e. The second-order valence-electron chi connectivity index (χ2n) is 6.24. The van der Waals surface area contributed by atoms with Gasteiger partial charge in [-0.15, -0.1) is 11.8 Å². The van der Waals surface area contributed by atoms with E-state index in [4.69, 9.17) is 0 Å². The predicted octanol–water partition coefficient (Wildman–Crippen LogP) is 5.36. The van der Waals surface area contributed by atoms with Crippen LogP contribution >= 0.6 is 11.8 Å². The summed E-state index contributed by atoms with van der Waals surface area (Å²) in [4.78, 5) is 24.5.